The number of nitrogens with zero attached hydrogens (tertiary/aromatic N) is 1. The molecule has 0 aliphatic rings. The molecule has 0 amide bonds. The van der Waals surface area contributed by atoms with Gasteiger partial charge in [-0.05, 0) is 25.5 Å². The molecule has 0 spiro atoms. The predicted molar refractivity (Wildman–Crippen MR) is 54.0 cm³/mol. The largest absolute Gasteiger partial charge is 0.347 e. The van der Waals surface area contributed by atoms with Crippen LogP contribution in [-0.2, 0) is 0 Å². The van der Waals surface area contributed by atoms with Gasteiger partial charge in [0.15, 0.2) is 0 Å². The number of hydrogen-bond acceptors (Lipinski definition) is 1. The lowest BCUT2D eigenvalue weighted by Gasteiger charge is -2.04. The van der Waals surface area contributed by atoms with Crippen molar-refractivity contribution in [3.63, 3.8) is 0 Å². The lowest BCUT2D eigenvalue weighted by Crippen LogP contribution is -1.96. The zero-order valence-electron chi connectivity index (χ0n) is 10.3. The highest BCUT2D eigenvalue weighted by atomic mass is 14.9. The Labute approximate surface area is 77.6 Å². The summed E-state index contributed by atoms with van der Waals surface area (Å²) in [4.78, 5) is 3.38. The second kappa shape index (κ2) is 3.90. The molecule has 0 heterocycles. The highest BCUT2D eigenvalue weighted by molar-refractivity contribution is 5.77. The van der Waals surface area contributed by atoms with Crippen molar-refractivity contribution in [1.29, 1.82) is 0 Å². The van der Waals surface area contributed by atoms with Gasteiger partial charge in [-0.3, -0.25) is 4.99 Å². The summed E-state index contributed by atoms with van der Waals surface area (Å²) in [7, 11) is 0. The van der Waals surface area contributed by atoms with Gasteiger partial charge in [0.25, 0.3) is 0 Å². The third kappa shape index (κ3) is 2.09. The molecule has 0 atom stereocenters. The third-order valence-corrected chi connectivity index (χ3v) is 1.67. The first kappa shape index (κ1) is 5.36. The molecule has 1 N–H and O–H groups in total. The molecule has 1 aromatic carbocycles. The summed E-state index contributed by atoms with van der Waals surface area (Å²) >= 11 is 0. The fourth-order valence-electron chi connectivity index (χ4n) is 1.08. The summed E-state index contributed by atoms with van der Waals surface area (Å²) in [6, 6.07) is 5.88. The van der Waals surface area contributed by atoms with E-state index in [2.05, 4.69) is 10.3 Å². The molecule has 0 saturated carbocycles. The Balaban J connectivity index is 2.70. The van der Waals surface area contributed by atoms with Crippen molar-refractivity contribution in [3.05, 3.63) is 29.3 Å². The summed E-state index contributed by atoms with van der Waals surface area (Å²) in [5.74, 6) is 0. The van der Waals surface area contributed by atoms with Gasteiger partial charge in [-0.1, -0.05) is 17.7 Å². The number of aryl methyl sites for hydroxylation is 2. The minimum absolute atomic E-state index is 0.869. The van der Waals surface area contributed by atoms with E-state index in [1.165, 1.54) is 11.9 Å². The monoisotopic (exact) mass is 165 g/mol. The first-order valence-electron chi connectivity index (χ1n) is 5.26. The van der Waals surface area contributed by atoms with Crippen LogP contribution in [0, 0.1) is 13.8 Å². The van der Waals surface area contributed by atoms with Crippen molar-refractivity contribution in [2.24, 2.45) is 4.99 Å². The van der Waals surface area contributed by atoms with Gasteiger partial charge >= 0.3 is 0 Å². The van der Waals surface area contributed by atoms with Crippen LogP contribution in [0.2, 0.25) is 0 Å². The molecular formula is C10H14N2. The molecule has 1 rings (SSSR count). The number of aliphatic imine (C=N–C) groups is 1. The molecule has 64 valence electrons. The zero-order chi connectivity index (χ0) is 11.5. The van der Waals surface area contributed by atoms with E-state index in [0.29, 0.717) is 0 Å². The first-order chi connectivity index (χ1) is 6.88. The number of anilines is 1. The second-order valence-corrected chi connectivity index (χ2v) is 2.72. The Kier molecular flexibility index (Phi) is 1.74. The normalized spacial score (nSPS) is 15.3. The molecule has 0 aliphatic carbocycles. The SMILES string of the molecule is [2H]C([2H])([2H])N=CNc1ccc(C)cc1C. The fraction of sp³-hybridized carbons (Fsp3) is 0.300. The molecule has 12 heavy (non-hydrogen) atoms. The van der Waals surface area contributed by atoms with Crippen LogP contribution in [0.1, 0.15) is 15.2 Å². The molecule has 0 aliphatic heterocycles. The second-order valence-electron chi connectivity index (χ2n) is 2.72. The van der Waals surface area contributed by atoms with E-state index in [4.69, 9.17) is 4.11 Å². The standard InChI is InChI=1S/C10H14N2/c1-8-4-5-10(9(2)6-8)12-7-11-3/h4-7H,1-3H3,(H,11,12)/i3D3. The van der Waals surface area contributed by atoms with Gasteiger partial charge in [0, 0.05) is 16.8 Å². The van der Waals surface area contributed by atoms with Crippen LogP contribution < -0.4 is 5.32 Å². The molecule has 2 nitrogen and oxygen atoms in total. The van der Waals surface area contributed by atoms with E-state index in [1.54, 1.807) is 0 Å². The minimum atomic E-state index is -2.27. The van der Waals surface area contributed by atoms with E-state index in [-0.39, 0.29) is 0 Å². The van der Waals surface area contributed by atoms with Crippen LogP contribution in [-0.4, -0.2) is 13.3 Å². The lowest BCUT2D eigenvalue weighted by atomic mass is 10.1. The molecule has 0 radical (unpaired) electrons. The fourth-order valence-corrected chi connectivity index (χ4v) is 1.08. The molecule has 0 aromatic heterocycles. The average molecular weight is 165 g/mol. The van der Waals surface area contributed by atoms with Gasteiger partial charge in [-0.15, -0.1) is 0 Å². The minimum Gasteiger partial charge on any atom is -0.347 e. The summed E-state index contributed by atoms with van der Waals surface area (Å²) < 4.78 is 20.6. The molecule has 2 heteroatoms. The third-order valence-electron chi connectivity index (χ3n) is 1.67. The van der Waals surface area contributed by atoms with Crippen LogP contribution in [0.4, 0.5) is 5.69 Å². The van der Waals surface area contributed by atoms with E-state index in [9.17, 15) is 0 Å². The highest BCUT2D eigenvalue weighted by Gasteiger charge is 1.94. The average Bonchev–Trinajstić information content (AvgIpc) is 2.07. The van der Waals surface area contributed by atoms with Crippen LogP contribution in [0.3, 0.4) is 0 Å². The van der Waals surface area contributed by atoms with Gasteiger partial charge in [0.1, 0.15) is 0 Å². The summed E-state index contributed by atoms with van der Waals surface area (Å²) in [6.07, 6.45) is 1.21. The molecule has 0 unspecified atom stereocenters. The molecule has 0 saturated heterocycles. The number of benzene rings is 1. The Morgan fingerprint density at radius 2 is 2.33 bits per heavy atom. The number of rotatable bonds is 2. The van der Waals surface area contributed by atoms with Gasteiger partial charge in [-0.25, -0.2) is 0 Å². The molecule has 0 bridgehead atoms. The first-order valence-corrected chi connectivity index (χ1v) is 3.76. The van der Waals surface area contributed by atoms with Crippen LogP contribution in [0.25, 0.3) is 0 Å². The summed E-state index contributed by atoms with van der Waals surface area (Å²) in [5, 5.41) is 2.85. The smallest absolute Gasteiger partial charge is 0.0864 e. The maximum absolute atomic E-state index is 6.88. The Bertz CT molecular complexity index is 369. The van der Waals surface area contributed by atoms with Gasteiger partial charge < -0.3 is 5.32 Å². The summed E-state index contributed by atoms with van der Waals surface area (Å²) in [5.41, 5.74) is 3.10. The zero-order valence-corrected chi connectivity index (χ0v) is 7.26. The predicted octanol–water partition coefficient (Wildman–Crippen LogP) is 2.37. The van der Waals surface area contributed by atoms with Gasteiger partial charge in [0.05, 0.1) is 6.34 Å². The number of hydrogen-bond donors (Lipinski definition) is 1. The maximum Gasteiger partial charge on any atom is 0.0864 e. The topological polar surface area (TPSA) is 24.4 Å². The van der Waals surface area contributed by atoms with Crippen LogP contribution in [0.5, 0.6) is 0 Å². The van der Waals surface area contributed by atoms with Crippen LogP contribution in [0.15, 0.2) is 23.2 Å². The Hall–Kier alpha value is -1.31. The quantitative estimate of drug-likeness (QED) is 0.528. The molecular weight excluding hydrogens is 148 g/mol. The van der Waals surface area contributed by atoms with E-state index >= 15 is 0 Å². The molecule has 1 aromatic rings. The van der Waals surface area contributed by atoms with Crippen LogP contribution >= 0.6 is 0 Å². The van der Waals surface area contributed by atoms with Crippen molar-refractivity contribution in [1.82, 2.24) is 0 Å². The van der Waals surface area contributed by atoms with Crippen molar-refractivity contribution >= 4 is 12.0 Å². The van der Waals surface area contributed by atoms with Gasteiger partial charge in [0.2, 0.25) is 0 Å². The van der Waals surface area contributed by atoms with Gasteiger partial charge in [-0.2, -0.15) is 0 Å². The maximum atomic E-state index is 6.88. The van der Waals surface area contributed by atoms with Crippen molar-refractivity contribution < 1.29 is 4.11 Å². The lowest BCUT2D eigenvalue weighted by molar-refractivity contribution is 1.37. The Morgan fingerprint density at radius 1 is 1.50 bits per heavy atom. The molecule has 0 fully saturated rings. The number of nitrogens with one attached hydrogen (secondary N) is 1. The highest BCUT2D eigenvalue weighted by Crippen LogP contribution is 2.14. The van der Waals surface area contributed by atoms with Crippen molar-refractivity contribution in [2.45, 2.75) is 13.8 Å². The van der Waals surface area contributed by atoms with E-state index in [1.807, 2.05) is 32.0 Å². The van der Waals surface area contributed by atoms with E-state index in [0.717, 1.165) is 11.3 Å². The summed E-state index contributed by atoms with van der Waals surface area (Å²) in [6.45, 7) is 1.69. The van der Waals surface area contributed by atoms with Crippen molar-refractivity contribution in [3.8, 4) is 0 Å². The Morgan fingerprint density at radius 3 is 3.00 bits per heavy atom. The van der Waals surface area contributed by atoms with E-state index < -0.39 is 6.98 Å². The van der Waals surface area contributed by atoms with Crippen molar-refractivity contribution in [2.75, 3.05) is 12.3 Å².